The third kappa shape index (κ3) is 9.93. The first-order chi connectivity index (χ1) is 24.5. The van der Waals surface area contributed by atoms with Crippen LogP contribution in [-0.4, -0.2) is 48.8 Å². The summed E-state index contributed by atoms with van der Waals surface area (Å²) in [4.78, 5) is -1.23. The Morgan fingerprint density at radius 1 is 0.585 bits per heavy atom. The van der Waals surface area contributed by atoms with Gasteiger partial charge in [-0.1, -0.05) is 66.7 Å². The zero-order chi connectivity index (χ0) is 37.8. The quantitative estimate of drug-likeness (QED) is 0.0660. The van der Waals surface area contributed by atoms with Crippen molar-refractivity contribution in [1.82, 2.24) is 0 Å². The molecule has 6 rings (SSSR count). The maximum absolute atomic E-state index is 12.1. The van der Waals surface area contributed by atoms with Crippen LogP contribution in [0.15, 0.2) is 133 Å². The smallest absolute Gasteiger partial charge is 0.425 e. The van der Waals surface area contributed by atoms with Crippen molar-refractivity contribution in [2.24, 2.45) is 20.5 Å². The van der Waals surface area contributed by atoms with Gasteiger partial charge in [-0.15, -0.1) is 22.9 Å². The van der Waals surface area contributed by atoms with E-state index in [1.807, 2.05) is 42.5 Å². The number of phenolic OH excluding ortho intramolecular Hbond substituents is 2. The molecule has 0 aliphatic rings. The molecule has 0 fully saturated rings. The Hall–Kier alpha value is -5.40. The maximum atomic E-state index is 12.1. The molecule has 277 valence electrons. The van der Waals surface area contributed by atoms with Crippen molar-refractivity contribution in [2.45, 2.75) is 23.1 Å². The van der Waals surface area contributed by atoms with Gasteiger partial charge in [-0.25, -0.2) is 0 Å². The second kappa shape index (κ2) is 16.5. The van der Waals surface area contributed by atoms with Crippen molar-refractivity contribution in [3.8, 4) is 11.5 Å². The van der Waals surface area contributed by atoms with Gasteiger partial charge >= 0.3 is 10.6 Å². The minimum atomic E-state index is -4.83. The summed E-state index contributed by atoms with van der Waals surface area (Å²) in [6.45, 7) is 1.65. The second-order valence-electron chi connectivity index (χ2n) is 11.1. The molecule has 0 heterocycles. The van der Waals surface area contributed by atoms with E-state index in [1.165, 1.54) is 35.9 Å². The number of phenols is 2. The predicted molar refractivity (Wildman–Crippen MR) is 189 cm³/mol. The van der Waals surface area contributed by atoms with Crippen LogP contribution >= 0.6 is 0 Å². The molecule has 0 unspecified atom stereocenters. The zero-order valence-electron chi connectivity index (χ0n) is 27.0. The molecule has 19 heteroatoms. The summed E-state index contributed by atoms with van der Waals surface area (Å²) < 4.78 is 92.8. The van der Waals surface area contributed by atoms with E-state index in [0.717, 1.165) is 29.5 Å². The Bertz CT molecular complexity index is 2760. The van der Waals surface area contributed by atoms with Gasteiger partial charge in [-0.3, -0.25) is 9.11 Å². The summed E-state index contributed by atoms with van der Waals surface area (Å²) >= 11 is 0. The minimum absolute atomic E-state index is 0. The Morgan fingerprint density at radius 3 is 1.89 bits per heavy atom. The Morgan fingerprint density at radius 2 is 1.23 bits per heavy atom. The number of aryl methyl sites for hydroxylation is 1. The molecule has 1 radical (unpaired) electrons. The molecule has 0 saturated carbocycles. The molecule has 6 aromatic rings. The fourth-order valence-electron chi connectivity index (χ4n) is 5.26. The van der Waals surface area contributed by atoms with E-state index in [9.17, 15) is 36.2 Å². The summed E-state index contributed by atoms with van der Waals surface area (Å²) in [7, 11) is -12.7. The van der Waals surface area contributed by atoms with E-state index in [4.69, 9.17) is 12.6 Å². The normalized spacial score (nSPS) is 11.8. The maximum Gasteiger partial charge on any atom is 0.425 e. The molecule has 0 saturated heterocycles. The van der Waals surface area contributed by atoms with Gasteiger partial charge in [0, 0.05) is 39.3 Å². The Kier molecular flexibility index (Phi) is 12.6. The molecule has 0 aliphatic heterocycles. The Labute approximate surface area is 314 Å². The van der Waals surface area contributed by atoms with Crippen LogP contribution in [0.3, 0.4) is 0 Å². The molecule has 0 spiro atoms. The first-order valence-corrected chi connectivity index (χ1v) is 18.6. The van der Waals surface area contributed by atoms with Crippen LogP contribution in [0.1, 0.15) is 16.7 Å². The number of hydrogen-bond donors (Lipinski definition) is 4. The van der Waals surface area contributed by atoms with E-state index >= 15 is 0 Å². The molecular formula is C34H26CuN4O11S3. The summed E-state index contributed by atoms with van der Waals surface area (Å²) in [6.07, 6.45) is 0.746. The number of hydrogen-bond acceptors (Lipinski definition) is 13. The van der Waals surface area contributed by atoms with Gasteiger partial charge in [0.1, 0.15) is 26.9 Å². The average molecular weight is 826 g/mol. The SMILES string of the molecule is Cc1cc(N=Nc2ccc3cc(Cc4ccccc4)ccc3c2O)c(O)cc1N=Nc1cc(S(=O)(=O)O)c2cccc(S(=O)(=O)O)c2c1.O=S(=O)=O.[Cu]. The van der Waals surface area contributed by atoms with E-state index in [1.54, 1.807) is 13.0 Å². The second-order valence-corrected chi connectivity index (χ2v) is 14.3. The van der Waals surface area contributed by atoms with E-state index in [-0.39, 0.29) is 62.1 Å². The molecule has 0 aliphatic carbocycles. The van der Waals surface area contributed by atoms with Crippen LogP contribution < -0.4 is 0 Å². The summed E-state index contributed by atoms with van der Waals surface area (Å²) in [5.41, 5.74) is 2.99. The fraction of sp³-hybridized carbons (Fsp3) is 0.0588. The van der Waals surface area contributed by atoms with Crippen LogP contribution in [0.5, 0.6) is 11.5 Å². The predicted octanol–water partition coefficient (Wildman–Crippen LogP) is 7.62. The molecule has 15 nitrogen and oxygen atoms in total. The molecule has 0 bridgehead atoms. The molecule has 0 amide bonds. The third-order valence-corrected chi connectivity index (χ3v) is 9.38. The van der Waals surface area contributed by atoms with Crippen LogP contribution in [0.4, 0.5) is 22.7 Å². The first kappa shape index (κ1) is 40.4. The van der Waals surface area contributed by atoms with Crippen molar-refractivity contribution in [1.29, 1.82) is 0 Å². The zero-order valence-corrected chi connectivity index (χ0v) is 30.4. The van der Waals surface area contributed by atoms with Crippen molar-refractivity contribution in [3.63, 3.8) is 0 Å². The number of rotatable bonds is 8. The number of nitrogens with zero attached hydrogens (tertiary/aromatic N) is 4. The van der Waals surface area contributed by atoms with Gasteiger partial charge in [0.05, 0.1) is 11.4 Å². The number of benzene rings is 6. The van der Waals surface area contributed by atoms with Gasteiger partial charge in [0.15, 0.2) is 5.75 Å². The Balaban J connectivity index is 0.00000119. The van der Waals surface area contributed by atoms with Crippen LogP contribution in [0, 0.1) is 6.92 Å². The fourth-order valence-corrected chi connectivity index (χ4v) is 6.68. The van der Waals surface area contributed by atoms with Gasteiger partial charge < -0.3 is 10.2 Å². The van der Waals surface area contributed by atoms with E-state index in [0.29, 0.717) is 10.9 Å². The standard InChI is InChI=1S/C34H26N4O8S2.Cu.O3S/c1-20-14-30(38-36-28-13-11-23-16-22(10-12-25(23)34(28)40)15-21-6-3-2-4-7-21)31(39)19-29(20)37-35-24-17-27-26(33(18-24)48(44,45)46)8-5-9-32(27)47(41,42)43;;1-4(2)3/h2-14,16-19,39-40H,15H2,1H3,(H,41,42,43)(H,44,45,46);;. The van der Waals surface area contributed by atoms with Crippen molar-refractivity contribution in [3.05, 3.63) is 120 Å². The van der Waals surface area contributed by atoms with Gasteiger partial charge in [0.2, 0.25) is 0 Å². The third-order valence-electron chi connectivity index (χ3n) is 7.58. The summed E-state index contributed by atoms with van der Waals surface area (Å²) in [5, 5.41) is 39.0. The van der Waals surface area contributed by atoms with E-state index < -0.39 is 40.6 Å². The summed E-state index contributed by atoms with van der Waals surface area (Å²) in [6, 6.07) is 27.7. The van der Waals surface area contributed by atoms with Gasteiger partial charge in [-0.05, 0) is 65.8 Å². The molecule has 0 atom stereocenters. The van der Waals surface area contributed by atoms with Crippen LogP contribution in [-0.2, 0) is 54.3 Å². The molecular weight excluding hydrogens is 800 g/mol. The number of fused-ring (bicyclic) bond motifs is 2. The number of aromatic hydroxyl groups is 2. The average Bonchev–Trinajstić information content (AvgIpc) is 3.07. The van der Waals surface area contributed by atoms with Crippen molar-refractivity contribution in [2.75, 3.05) is 0 Å². The number of azo groups is 2. The van der Waals surface area contributed by atoms with Crippen molar-refractivity contribution < 1.29 is 65.8 Å². The van der Waals surface area contributed by atoms with E-state index in [2.05, 4.69) is 32.6 Å². The molecule has 53 heavy (non-hydrogen) atoms. The van der Waals surface area contributed by atoms with Gasteiger partial charge in [0.25, 0.3) is 20.2 Å². The van der Waals surface area contributed by atoms with Crippen molar-refractivity contribution >= 4 is 75.1 Å². The van der Waals surface area contributed by atoms with Crippen LogP contribution in [0.2, 0.25) is 0 Å². The van der Waals surface area contributed by atoms with Crippen LogP contribution in [0.25, 0.3) is 21.5 Å². The first-order valence-electron chi connectivity index (χ1n) is 14.8. The topological polar surface area (TPSA) is 250 Å². The summed E-state index contributed by atoms with van der Waals surface area (Å²) in [5.74, 6) is -0.393. The van der Waals surface area contributed by atoms with Gasteiger partial charge in [-0.2, -0.15) is 27.1 Å². The molecule has 6 aromatic carbocycles. The monoisotopic (exact) mass is 825 g/mol. The largest absolute Gasteiger partial charge is 0.506 e. The molecule has 4 N–H and O–H groups in total. The molecule has 0 aromatic heterocycles. The minimum Gasteiger partial charge on any atom is -0.506 e.